The van der Waals surface area contributed by atoms with Gasteiger partial charge in [0.1, 0.15) is 0 Å². The summed E-state index contributed by atoms with van der Waals surface area (Å²) in [4.78, 5) is 4.28. The lowest BCUT2D eigenvalue weighted by Gasteiger charge is -2.27. The van der Waals surface area contributed by atoms with Gasteiger partial charge in [0, 0.05) is 14.5 Å². The normalized spacial score (nSPS) is 13.7. The summed E-state index contributed by atoms with van der Waals surface area (Å²) in [6.45, 7) is 8.01. The van der Waals surface area contributed by atoms with Crippen molar-refractivity contribution in [1.82, 2.24) is 4.98 Å². The van der Waals surface area contributed by atoms with Crippen LogP contribution in [-0.4, -0.2) is 11.2 Å². The fourth-order valence-corrected chi connectivity index (χ4v) is 6.03. The summed E-state index contributed by atoms with van der Waals surface area (Å²) in [5.74, 6) is 0. The molecule has 1 aromatic heterocycles. The van der Waals surface area contributed by atoms with E-state index in [0.717, 1.165) is 58.6 Å². The number of nitrogens with zero attached hydrogens (tertiary/aromatic N) is 1. The second kappa shape index (κ2) is 12.8. The van der Waals surface area contributed by atoms with Crippen LogP contribution in [-0.2, 0) is 18.0 Å². The van der Waals surface area contributed by atoms with Gasteiger partial charge in [-0.3, -0.25) is 4.98 Å². The summed E-state index contributed by atoms with van der Waals surface area (Å²) in [5.41, 5.74) is 2.00. The zero-order chi connectivity index (χ0) is 37.9. The van der Waals surface area contributed by atoms with Gasteiger partial charge in [-0.1, -0.05) is 132 Å². The Kier molecular flexibility index (Phi) is 8.25. The largest absolute Gasteiger partial charge is 0.418 e. The summed E-state index contributed by atoms with van der Waals surface area (Å²) in [6, 6.07) is 33.5. The van der Waals surface area contributed by atoms with E-state index in [1.807, 2.05) is 60.7 Å². The summed E-state index contributed by atoms with van der Waals surface area (Å²) in [5, 5.41) is 2.06. The Morgan fingerprint density at radius 3 is 1.56 bits per heavy atom. The standard InChI is InChI=1S/C43H37F6N/c1-40(2,3)37-23-34(22-33-8-6-7-9-35(33)37)39-24-36(38(26-50-39)42(44,45)46)32-20-18-31(19-21-32)30-16-14-29(15-17-30)28-12-10-27(11-13-28)25-41(4,5)43(47,48)49/h6-24,26H,25H2,1-5H3/i25D2. The summed E-state index contributed by atoms with van der Waals surface area (Å²) in [7, 11) is 0. The molecule has 0 amide bonds. The lowest BCUT2D eigenvalue weighted by atomic mass is 9.82. The van der Waals surface area contributed by atoms with Crippen LogP contribution in [0.2, 0.25) is 0 Å². The molecule has 256 valence electrons. The van der Waals surface area contributed by atoms with Crippen molar-refractivity contribution >= 4 is 10.8 Å². The molecule has 1 heterocycles. The van der Waals surface area contributed by atoms with E-state index >= 15 is 0 Å². The van der Waals surface area contributed by atoms with Crippen molar-refractivity contribution in [2.24, 2.45) is 5.41 Å². The van der Waals surface area contributed by atoms with Gasteiger partial charge in [-0.2, -0.15) is 26.3 Å². The highest BCUT2D eigenvalue weighted by atomic mass is 19.4. The van der Waals surface area contributed by atoms with E-state index < -0.39 is 29.7 Å². The first-order valence-electron chi connectivity index (χ1n) is 17.2. The van der Waals surface area contributed by atoms with E-state index in [2.05, 4.69) is 25.8 Å². The Labute approximate surface area is 291 Å². The van der Waals surface area contributed by atoms with Gasteiger partial charge in [0.25, 0.3) is 0 Å². The fourth-order valence-electron chi connectivity index (χ4n) is 6.03. The van der Waals surface area contributed by atoms with Crippen molar-refractivity contribution in [3.8, 4) is 44.6 Å². The molecule has 0 atom stereocenters. The third kappa shape index (κ3) is 7.18. The van der Waals surface area contributed by atoms with Gasteiger partial charge in [-0.05, 0) is 85.3 Å². The molecule has 0 bridgehead atoms. The summed E-state index contributed by atoms with van der Waals surface area (Å²) in [6.07, 6.45) is -11.1. The smallest absolute Gasteiger partial charge is 0.256 e. The van der Waals surface area contributed by atoms with Crippen LogP contribution >= 0.6 is 0 Å². The Morgan fingerprint density at radius 2 is 1.06 bits per heavy atom. The van der Waals surface area contributed by atoms with Crippen molar-refractivity contribution in [3.05, 3.63) is 138 Å². The summed E-state index contributed by atoms with van der Waals surface area (Å²) < 4.78 is 100. The SMILES string of the molecule is [2H]C([2H])(c1ccc(-c2ccc(-c3ccc(-c4cc(-c5cc(C(C)(C)C)c6ccccc6c5)ncc4C(F)(F)F)cc3)cc2)cc1)C(C)(C)C(F)(F)F. The zero-order valence-electron chi connectivity index (χ0n) is 30.3. The second-order valence-corrected chi connectivity index (χ2v) is 14.1. The van der Waals surface area contributed by atoms with E-state index in [0.29, 0.717) is 16.8 Å². The van der Waals surface area contributed by atoms with Gasteiger partial charge < -0.3 is 0 Å². The molecule has 5 aromatic carbocycles. The van der Waals surface area contributed by atoms with E-state index in [1.54, 1.807) is 36.4 Å². The first-order valence-corrected chi connectivity index (χ1v) is 16.2. The molecule has 0 unspecified atom stereocenters. The van der Waals surface area contributed by atoms with Crippen LogP contribution in [0, 0.1) is 5.41 Å². The lowest BCUT2D eigenvalue weighted by molar-refractivity contribution is -0.211. The molecule has 0 saturated carbocycles. The van der Waals surface area contributed by atoms with Crippen molar-refractivity contribution in [2.75, 3.05) is 0 Å². The number of rotatable bonds is 6. The predicted molar refractivity (Wildman–Crippen MR) is 191 cm³/mol. The van der Waals surface area contributed by atoms with E-state index in [-0.39, 0.29) is 16.5 Å². The minimum absolute atomic E-state index is 0.0244. The molecule has 0 aliphatic carbocycles. The second-order valence-electron chi connectivity index (χ2n) is 14.1. The van der Waals surface area contributed by atoms with E-state index in [4.69, 9.17) is 2.74 Å². The molecule has 0 saturated heterocycles. The molecule has 0 fully saturated rings. The third-order valence-corrected chi connectivity index (χ3v) is 8.97. The molecule has 0 N–H and O–H groups in total. The molecule has 7 heteroatoms. The first-order chi connectivity index (χ1) is 24.2. The van der Waals surface area contributed by atoms with Gasteiger partial charge in [0.15, 0.2) is 0 Å². The van der Waals surface area contributed by atoms with E-state index in [9.17, 15) is 26.3 Å². The predicted octanol–water partition coefficient (Wildman–Crippen LogP) is 13.4. The van der Waals surface area contributed by atoms with Crippen LogP contribution in [0.3, 0.4) is 0 Å². The number of hydrogen-bond donors (Lipinski definition) is 0. The van der Waals surface area contributed by atoms with Crippen molar-refractivity contribution in [1.29, 1.82) is 0 Å². The van der Waals surface area contributed by atoms with Crippen LogP contribution in [0.1, 0.15) is 54.1 Å². The number of halogens is 6. The fraction of sp³-hybridized carbons (Fsp3) is 0.233. The molecule has 50 heavy (non-hydrogen) atoms. The monoisotopic (exact) mass is 683 g/mol. The van der Waals surface area contributed by atoms with Gasteiger partial charge >= 0.3 is 12.4 Å². The molecule has 6 aromatic rings. The molecule has 0 aliphatic heterocycles. The van der Waals surface area contributed by atoms with Crippen molar-refractivity contribution in [2.45, 2.75) is 58.8 Å². The van der Waals surface area contributed by atoms with Gasteiger partial charge in [-0.15, -0.1) is 0 Å². The van der Waals surface area contributed by atoms with Crippen LogP contribution in [0.25, 0.3) is 55.4 Å². The minimum Gasteiger partial charge on any atom is -0.256 e. The third-order valence-electron chi connectivity index (χ3n) is 8.97. The summed E-state index contributed by atoms with van der Waals surface area (Å²) >= 11 is 0. The number of benzene rings is 5. The maximum atomic E-state index is 14.3. The van der Waals surface area contributed by atoms with Crippen LogP contribution in [0.4, 0.5) is 26.3 Å². The lowest BCUT2D eigenvalue weighted by Crippen LogP contribution is -2.34. The minimum atomic E-state index is -4.74. The molecule has 0 aliphatic rings. The average molecular weight is 684 g/mol. The van der Waals surface area contributed by atoms with Crippen LogP contribution < -0.4 is 0 Å². The molecule has 6 rings (SSSR count). The van der Waals surface area contributed by atoms with Gasteiger partial charge in [0.05, 0.1) is 16.7 Å². The number of aromatic nitrogens is 1. The van der Waals surface area contributed by atoms with Crippen LogP contribution in [0.15, 0.2) is 121 Å². The van der Waals surface area contributed by atoms with Gasteiger partial charge in [-0.25, -0.2) is 0 Å². The topological polar surface area (TPSA) is 12.9 Å². The zero-order valence-corrected chi connectivity index (χ0v) is 28.3. The highest BCUT2D eigenvalue weighted by Gasteiger charge is 2.47. The quantitative estimate of drug-likeness (QED) is 0.159. The Hall–Kier alpha value is -4.91. The van der Waals surface area contributed by atoms with E-state index in [1.165, 1.54) is 18.2 Å². The van der Waals surface area contributed by atoms with Crippen molar-refractivity contribution in [3.63, 3.8) is 0 Å². The number of hydrogen-bond acceptors (Lipinski definition) is 1. The maximum absolute atomic E-state index is 14.3. The molecule has 1 nitrogen and oxygen atoms in total. The molecular formula is C43H37F6N. The molecular weight excluding hydrogens is 644 g/mol. The number of alkyl halides is 6. The molecule has 0 radical (unpaired) electrons. The van der Waals surface area contributed by atoms with Crippen LogP contribution in [0.5, 0.6) is 0 Å². The Balaban J connectivity index is 1.29. The Morgan fingerprint density at radius 1 is 0.560 bits per heavy atom. The average Bonchev–Trinajstić information content (AvgIpc) is 3.10. The highest BCUT2D eigenvalue weighted by Crippen LogP contribution is 2.42. The van der Waals surface area contributed by atoms with Crippen molar-refractivity contribution < 1.29 is 29.1 Å². The number of fused-ring (bicyclic) bond motifs is 1. The Bertz CT molecular complexity index is 2230. The number of pyridine rings is 1. The maximum Gasteiger partial charge on any atom is 0.418 e. The highest BCUT2D eigenvalue weighted by molar-refractivity contribution is 5.91. The molecule has 0 spiro atoms. The first kappa shape index (κ1) is 32.3. The van der Waals surface area contributed by atoms with Gasteiger partial charge in [0.2, 0.25) is 0 Å².